The van der Waals surface area contributed by atoms with Gasteiger partial charge in [-0.25, -0.2) is 14.2 Å². The molecular formula is C23H21FN4O2. The summed E-state index contributed by atoms with van der Waals surface area (Å²) < 4.78 is 19.3. The molecule has 0 aliphatic carbocycles. The van der Waals surface area contributed by atoms with E-state index in [-0.39, 0.29) is 0 Å². The first-order valence-corrected chi connectivity index (χ1v) is 9.93. The molecule has 7 heteroatoms. The summed E-state index contributed by atoms with van der Waals surface area (Å²) in [6, 6.07) is 8.18. The molecule has 3 aliphatic rings. The van der Waals surface area contributed by atoms with E-state index in [1.807, 2.05) is 18.2 Å². The molecule has 5 rings (SSSR count). The van der Waals surface area contributed by atoms with Gasteiger partial charge in [-0.2, -0.15) is 0 Å². The number of aliphatic imine (C=N–C) groups is 1. The molecule has 1 fully saturated rings. The lowest BCUT2D eigenvalue weighted by atomic mass is 10.1. The number of piperazine rings is 1. The number of anilines is 1. The molecule has 6 nitrogen and oxygen atoms in total. The maximum Gasteiger partial charge on any atom is 0.344 e. The van der Waals surface area contributed by atoms with E-state index in [2.05, 4.69) is 28.2 Å². The summed E-state index contributed by atoms with van der Waals surface area (Å²) >= 11 is 0. The van der Waals surface area contributed by atoms with Gasteiger partial charge < -0.3 is 19.5 Å². The first-order valence-electron chi connectivity index (χ1n) is 9.93. The molecule has 152 valence electrons. The number of halogens is 1. The monoisotopic (exact) mass is 404 g/mol. The molecular weight excluding hydrogens is 383 g/mol. The number of nitrogens with one attached hydrogen (secondary N) is 1. The van der Waals surface area contributed by atoms with Crippen molar-refractivity contribution >= 4 is 28.4 Å². The Balaban J connectivity index is 1.52. The molecule has 1 atom stereocenters. The van der Waals surface area contributed by atoms with Gasteiger partial charge in [0.05, 0.1) is 11.8 Å². The van der Waals surface area contributed by atoms with Gasteiger partial charge in [-0.05, 0) is 31.2 Å². The highest BCUT2D eigenvalue weighted by molar-refractivity contribution is 5.86. The van der Waals surface area contributed by atoms with Crippen molar-refractivity contribution in [3.63, 3.8) is 0 Å². The third-order valence-electron chi connectivity index (χ3n) is 5.41. The molecule has 0 radical (unpaired) electrons. The number of rotatable bonds is 2. The molecule has 2 aromatic rings. The van der Waals surface area contributed by atoms with Crippen LogP contribution in [0.4, 0.5) is 10.1 Å². The minimum Gasteiger partial charge on any atom is -0.422 e. The number of allylic oxidation sites excluding steroid dienone is 5. The van der Waals surface area contributed by atoms with Crippen LogP contribution in [0.3, 0.4) is 0 Å². The van der Waals surface area contributed by atoms with E-state index >= 15 is 0 Å². The molecule has 1 saturated heterocycles. The van der Waals surface area contributed by atoms with E-state index in [0.717, 1.165) is 36.9 Å². The highest BCUT2D eigenvalue weighted by atomic mass is 19.1. The smallest absolute Gasteiger partial charge is 0.344 e. The number of hydrogen-bond donors (Lipinski definition) is 1. The fourth-order valence-electron chi connectivity index (χ4n) is 3.91. The fourth-order valence-corrected chi connectivity index (χ4v) is 3.91. The standard InChI is InChI=1S/C23H21FN4O2/c1-15-12-27(8-7-25-15)19-6-5-16-9-20(23(29)30-21(16)10-19)17-3-2-4-22-26-11-18(24)14-28(22)13-17/h2-6,9-11,13-15,25H,7-8,12H2,1H3/t15-/m1/s1. The molecule has 4 heterocycles. The Labute approximate surface area is 173 Å². The Morgan fingerprint density at radius 2 is 2.17 bits per heavy atom. The van der Waals surface area contributed by atoms with Crippen molar-refractivity contribution in [3.05, 3.63) is 82.5 Å². The summed E-state index contributed by atoms with van der Waals surface area (Å²) in [7, 11) is 0. The maximum absolute atomic E-state index is 13.6. The second-order valence-corrected chi connectivity index (χ2v) is 7.62. The van der Waals surface area contributed by atoms with Gasteiger partial charge in [0.25, 0.3) is 0 Å². The Morgan fingerprint density at radius 3 is 3.03 bits per heavy atom. The van der Waals surface area contributed by atoms with Crippen molar-refractivity contribution in [2.45, 2.75) is 13.0 Å². The van der Waals surface area contributed by atoms with Crippen molar-refractivity contribution in [3.8, 4) is 0 Å². The van der Waals surface area contributed by atoms with Crippen LogP contribution in [0.1, 0.15) is 12.5 Å². The SMILES string of the molecule is C[C@@H]1CN(c2ccc3cc(C4=CN5C=C(F)C=NC5=CC=C4)c(=O)oc3c2)CCN1. The predicted molar refractivity (Wildman–Crippen MR) is 117 cm³/mol. The first-order chi connectivity index (χ1) is 14.6. The highest BCUT2D eigenvalue weighted by Gasteiger charge is 2.18. The lowest BCUT2D eigenvalue weighted by molar-refractivity contribution is 0.484. The van der Waals surface area contributed by atoms with Crippen LogP contribution in [-0.4, -0.2) is 36.8 Å². The largest absolute Gasteiger partial charge is 0.422 e. The van der Waals surface area contributed by atoms with Crippen LogP contribution in [0.5, 0.6) is 0 Å². The molecule has 30 heavy (non-hydrogen) atoms. The van der Waals surface area contributed by atoms with Crippen LogP contribution in [0.2, 0.25) is 0 Å². The average Bonchev–Trinajstić information content (AvgIpc) is 2.94. The maximum atomic E-state index is 13.6. The molecule has 0 spiro atoms. The molecule has 1 aromatic heterocycles. The summed E-state index contributed by atoms with van der Waals surface area (Å²) in [4.78, 5) is 20.7. The highest BCUT2D eigenvalue weighted by Crippen LogP contribution is 2.27. The van der Waals surface area contributed by atoms with E-state index in [9.17, 15) is 9.18 Å². The summed E-state index contributed by atoms with van der Waals surface area (Å²) in [5.41, 5.74) is 2.20. The predicted octanol–water partition coefficient (Wildman–Crippen LogP) is 3.54. The summed E-state index contributed by atoms with van der Waals surface area (Å²) in [6.45, 7) is 4.90. The summed E-state index contributed by atoms with van der Waals surface area (Å²) in [6.07, 6.45) is 9.51. The van der Waals surface area contributed by atoms with Crippen molar-refractivity contribution in [1.29, 1.82) is 0 Å². The lowest BCUT2D eigenvalue weighted by Gasteiger charge is -2.33. The lowest BCUT2D eigenvalue weighted by Crippen LogP contribution is -2.49. The Hall–Kier alpha value is -3.45. The van der Waals surface area contributed by atoms with Crippen LogP contribution >= 0.6 is 0 Å². The number of fused-ring (bicyclic) bond motifs is 2. The van der Waals surface area contributed by atoms with Crippen molar-refractivity contribution in [2.24, 2.45) is 4.99 Å². The van der Waals surface area contributed by atoms with Crippen LogP contribution in [0.15, 0.2) is 80.7 Å². The second kappa shape index (κ2) is 7.42. The Morgan fingerprint density at radius 1 is 1.27 bits per heavy atom. The van der Waals surface area contributed by atoms with E-state index in [1.165, 1.54) is 6.20 Å². The van der Waals surface area contributed by atoms with Gasteiger partial charge >= 0.3 is 5.63 Å². The first kappa shape index (κ1) is 18.6. The topological polar surface area (TPSA) is 61.1 Å². The Bertz CT molecular complexity index is 1220. The zero-order valence-corrected chi connectivity index (χ0v) is 16.5. The molecule has 0 saturated carbocycles. The van der Waals surface area contributed by atoms with Gasteiger partial charge in [0.15, 0.2) is 5.83 Å². The summed E-state index contributed by atoms with van der Waals surface area (Å²) in [5.74, 6) is 0.118. The second-order valence-electron chi connectivity index (χ2n) is 7.62. The van der Waals surface area contributed by atoms with Crippen LogP contribution in [0, 0.1) is 0 Å². The van der Waals surface area contributed by atoms with Gasteiger partial charge in [0.2, 0.25) is 0 Å². The van der Waals surface area contributed by atoms with Gasteiger partial charge in [-0.3, -0.25) is 0 Å². The van der Waals surface area contributed by atoms with Gasteiger partial charge in [0, 0.05) is 60.8 Å². The normalized spacial score (nSPS) is 21.1. The molecule has 0 bridgehead atoms. The van der Waals surface area contributed by atoms with Gasteiger partial charge in [-0.1, -0.05) is 12.2 Å². The molecule has 1 aromatic carbocycles. The van der Waals surface area contributed by atoms with Crippen molar-refractivity contribution in [1.82, 2.24) is 10.2 Å². The average molecular weight is 404 g/mol. The van der Waals surface area contributed by atoms with E-state index in [4.69, 9.17) is 4.42 Å². The zero-order chi connectivity index (χ0) is 20.7. The molecule has 1 N–H and O–H groups in total. The fraction of sp³-hybridized carbons (Fsp3) is 0.217. The van der Waals surface area contributed by atoms with E-state index in [0.29, 0.717) is 28.6 Å². The van der Waals surface area contributed by atoms with Crippen molar-refractivity contribution < 1.29 is 8.81 Å². The third kappa shape index (κ3) is 3.48. The summed E-state index contributed by atoms with van der Waals surface area (Å²) in [5, 5.41) is 4.26. The third-order valence-corrected chi connectivity index (χ3v) is 5.41. The van der Waals surface area contributed by atoms with Gasteiger partial charge in [-0.15, -0.1) is 0 Å². The minimum atomic E-state index is -0.454. The quantitative estimate of drug-likeness (QED) is 0.776. The zero-order valence-electron chi connectivity index (χ0n) is 16.5. The van der Waals surface area contributed by atoms with Gasteiger partial charge in [0.1, 0.15) is 11.4 Å². The Kier molecular flexibility index (Phi) is 4.59. The minimum absolute atomic E-state index is 0.411. The molecule has 0 unspecified atom stereocenters. The van der Waals surface area contributed by atoms with E-state index in [1.54, 1.807) is 29.3 Å². The number of hydrogen-bond acceptors (Lipinski definition) is 6. The van der Waals surface area contributed by atoms with E-state index < -0.39 is 11.5 Å². The van der Waals surface area contributed by atoms with Crippen LogP contribution in [-0.2, 0) is 0 Å². The van der Waals surface area contributed by atoms with Crippen LogP contribution < -0.4 is 15.8 Å². The number of benzene rings is 1. The molecule has 3 aliphatic heterocycles. The number of nitrogens with zero attached hydrogens (tertiary/aromatic N) is 3. The van der Waals surface area contributed by atoms with Crippen molar-refractivity contribution in [2.75, 3.05) is 24.5 Å². The molecule has 0 amide bonds. The van der Waals surface area contributed by atoms with Crippen LogP contribution in [0.25, 0.3) is 16.5 Å².